The molecule has 0 aliphatic rings. The molecule has 0 aliphatic carbocycles. The largest absolute Gasteiger partial charge is 0.508 e. The number of nitrogens with one attached hydrogen (secondary N) is 1. The summed E-state index contributed by atoms with van der Waals surface area (Å²) in [7, 11) is 0. The maximum Gasteiger partial charge on any atom is 0.234 e. The van der Waals surface area contributed by atoms with E-state index in [0.29, 0.717) is 11.4 Å². The molecule has 15 heavy (non-hydrogen) atoms. The minimum absolute atomic E-state index is 0.0764. The van der Waals surface area contributed by atoms with Crippen LogP contribution in [0.1, 0.15) is 0 Å². The Labute approximate surface area is 93.2 Å². The van der Waals surface area contributed by atoms with E-state index in [1.54, 1.807) is 24.3 Å². The summed E-state index contributed by atoms with van der Waals surface area (Å²) in [6.45, 7) is 3.57. The van der Waals surface area contributed by atoms with Crippen LogP contribution in [0.25, 0.3) is 0 Å². The van der Waals surface area contributed by atoms with E-state index in [9.17, 15) is 9.90 Å². The van der Waals surface area contributed by atoms with Crippen molar-refractivity contribution in [1.82, 2.24) is 0 Å². The maximum absolute atomic E-state index is 11.4. The number of amides is 1. The lowest BCUT2D eigenvalue weighted by molar-refractivity contribution is -0.113. The van der Waals surface area contributed by atoms with Crippen molar-refractivity contribution in [1.29, 1.82) is 0 Å². The van der Waals surface area contributed by atoms with Gasteiger partial charge in [-0.15, -0.1) is 18.3 Å². The van der Waals surface area contributed by atoms with Crippen LogP contribution in [-0.4, -0.2) is 22.5 Å². The Bertz CT molecular complexity index is 352. The monoisotopic (exact) mass is 223 g/mol. The van der Waals surface area contributed by atoms with Crippen molar-refractivity contribution >= 4 is 23.4 Å². The van der Waals surface area contributed by atoms with Gasteiger partial charge in [0.2, 0.25) is 5.91 Å². The molecule has 0 atom stereocenters. The number of rotatable bonds is 5. The fourth-order valence-corrected chi connectivity index (χ4v) is 1.56. The molecule has 0 spiro atoms. The van der Waals surface area contributed by atoms with Gasteiger partial charge in [-0.2, -0.15) is 0 Å². The third kappa shape index (κ3) is 4.56. The van der Waals surface area contributed by atoms with E-state index in [1.165, 1.54) is 17.8 Å². The second kappa shape index (κ2) is 6.14. The Kier molecular flexibility index (Phi) is 4.77. The number of benzene rings is 1. The van der Waals surface area contributed by atoms with E-state index >= 15 is 0 Å². The van der Waals surface area contributed by atoms with Crippen LogP contribution < -0.4 is 5.32 Å². The van der Waals surface area contributed by atoms with E-state index in [1.807, 2.05) is 0 Å². The van der Waals surface area contributed by atoms with Crippen LogP contribution in [0.2, 0.25) is 0 Å². The van der Waals surface area contributed by atoms with Gasteiger partial charge in [0, 0.05) is 17.5 Å². The third-order valence-corrected chi connectivity index (χ3v) is 2.54. The van der Waals surface area contributed by atoms with Crippen molar-refractivity contribution in [3.63, 3.8) is 0 Å². The summed E-state index contributed by atoms with van der Waals surface area (Å²) in [5, 5.41) is 11.9. The fourth-order valence-electron chi connectivity index (χ4n) is 1.02. The van der Waals surface area contributed by atoms with Crippen molar-refractivity contribution in [2.75, 3.05) is 16.8 Å². The highest BCUT2D eigenvalue weighted by Gasteiger charge is 2.01. The molecule has 1 aromatic rings. The first kappa shape index (κ1) is 11.7. The van der Waals surface area contributed by atoms with Gasteiger partial charge in [-0.1, -0.05) is 12.1 Å². The van der Waals surface area contributed by atoms with Gasteiger partial charge in [0.05, 0.1) is 5.75 Å². The first-order valence-electron chi connectivity index (χ1n) is 4.50. The smallest absolute Gasteiger partial charge is 0.234 e. The minimum atomic E-state index is -0.0764. The molecule has 1 rings (SSSR count). The highest BCUT2D eigenvalue weighted by molar-refractivity contribution is 8.00. The van der Waals surface area contributed by atoms with E-state index < -0.39 is 0 Å². The summed E-state index contributed by atoms with van der Waals surface area (Å²) >= 11 is 1.49. The van der Waals surface area contributed by atoms with E-state index in [0.717, 1.165) is 5.75 Å². The van der Waals surface area contributed by atoms with Gasteiger partial charge in [-0.3, -0.25) is 4.79 Å². The van der Waals surface area contributed by atoms with Gasteiger partial charge in [0.15, 0.2) is 0 Å². The van der Waals surface area contributed by atoms with Crippen LogP contribution in [0, 0.1) is 0 Å². The topological polar surface area (TPSA) is 49.3 Å². The lowest BCUT2D eigenvalue weighted by atomic mass is 10.3. The number of phenolic OH excluding ortho intramolecular Hbond substituents is 1. The molecule has 80 valence electrons. The fraction of sp³-hybridized carbons (Fsp3) is 0.182. The molecule has 0 radical (unpaired) electrons. The SMILES string of the molecule is C=CCSCC(=O)Nc1cccc(O)c1. The average molecular weight is 223 g/mol. The Morgan fingerprint density at radius 1 is 1.60 bits per heavy atom. The predicted octanol–water partition coefficient (Wildman–Crippen LogP) is 2.25. The van der Waals surface area contributed by atoms with Crippen molar-refractivity contribution < 1.29 is 9.90 Å². The first-order valence-corrected chi connectivity index (χ1v) is 5.65. The summed E-state index contributed by atoms with van der Waals surface area (Å²) < 4.78 is 0. The van der Waals surface area contributed by atoms with Crippen molar-refractivity contribution in [3.05, 3.63) is 36.9 Å². The number of phenols is 1. The Hall–Kier alpha value is -1.42. The molecule has 0 heterocycles. The van der Waals surface area contributed by atoms with Gasteiger partial charge < -0.3 is 10.4 Å². The van der Waals surface area contributed by atoms with Gasteiger partial charge in [0.1, 0.15) is 5.75 Å². The summed E-state index contributed by atoms with van der Waals surface area (Å²) in [4.78, 5) is 11.4. The van der Waals surface area contributed by atoms with Crippen molar-refractivity contribution in [2.24, 2.45) is 0 Å². The Balaban J connectivity index is 2.40. The molecule has 1 amide bonds. The molecule has 0 aliphatic heterocycles. The molecule has 0 aromatic heterocycles. The van der Waals surface area contributed by atoms with Crippen LogP contribution in [0.15, 0.2) is 36.9 Å². The zero-order valence-electron chi connectivity index (χ0n) is 8.27. The second-order valence-electron chi connectivity index (χ2n) is 2.90. The maximum atomic E-state index is 11.4. The number of thioether (sulfide) groups is 1. The molecule has 0 bridgehead atoms. The molecular weight excluding hydrogens is 210 g/mol. The highest BCUT2D eigenvalue weighted by atomic mass is 32.2. The molecule has 0 unspecified atom stereocenters. The summed E-state index contributed by atoms with van der Waals surface area (Å²) in [5.41, 5.74) is 0.610. The molecule has 0 saturated heterocycles. The standard InChI is InChI=1S/C11H13NO2S/c1-2-6-15-8-11(14)12-9-4-3-5-10(13)7-9/h2-5,7,13H,1,6,8H2,(H,12,14). The number of aromatic hydroxyl groups is 1. The van der Waals surface area contributed by atoms with Crippen LogP contribution in [-0.2, 0) is 4.79 Å². The minimum Gasteiger partial charge on any atom is -0.508 e. The van der Waals surface area contributed by atoms with Crippen LogP contribution in [0.5, 0.6) is 5.75 Å². The number of hydrogen-bond acceptors (Lipinski definition) is 3. The van der Waals surface area contributed by atoms with E-state index in [4.69, 9.17) is 0 Å². The molecule has 0 saturated carbocycles. The lowest BCUT2D eigenvalue weighted by Crippen LogP contribution is -2.14. The Morgan fingerprint density at radius 2 is 2.40 bits per heavy atom. The van der Waals surface area contributed by atoms with Crippen LogP contribution >= 0.6 is 11.8 Å². The van der Waals surface area contributed by atoms with Gasteiger partial charge in [0.25, 0.3) is 0 Å². The third-order valence-electron chi connectivity index (χ3n) is 1.60. The normalized spacial score (nSPS) is 9.60. The molecule has 4 heteroatoms. The molecule has 1 aromatic carbocycles. The van der Waals surface area contributed by atoms with Crippen molar-refractivity contribution in [3.8, 4) is 5.75 Å². The van der Waals surface area contributed by atoms with Crippen LogP contribution in [0.4, 0.5) is 5.69 Å². The van der Waals surface area contributed by atoms with E-state index in [2.05, 4.69) is 11.9 Å². The van der Waals surface area contributed by atoms with Gasteiger partial charge in [-0.25, -0.2) is 0 Å². The quantitative estimate of drug-likeness (QED) is 0.594. The highest BCUT2D eigenvalue weighted by Crippen LogP contribution is 2.15. The van der Waals surface area contributed by atoms with Crippen LogP contribution in [0.3, 0.4) is 0 Å². The Morgan fingerprint density at radius 3 is 3.07 bits per heavy atom. The van der Waals surface area contributed by atoms with Crippen molar-refractivity contribution in [2.45, 2.75) is 0 Å². The second-order valence-corrected chi connectivity index (χ2v) is 3.93. The predicted molar refractivity (Wildman–Crippen MR) is 64.3 cm³/mol. The zero-order valence-corrected chi connectivity index (χ0v) is 9.09. The van der Waals surface area contributed by atoms with Gasteiger partial charge in [-0.05, 0) is 12.1 Å². The van der Waals surface area contributed by atoms with Gasteiger partial charge >= 0.3 is 0 Å². The molecule has 3 nitrogen and oxygen atoms in total. The van der Waals surface area contributed by atoms with E-state index in [-0.39, 0.29) is 11.7 Å². The molecule has 2 N–H and O–H groups in total. The number of carbonyl (C=O) groups is 1. The number of hydrogen-bond donors (Lipinski definition) is 2. The molecule has 0 fully saturated rings. The first-order chi connectivity index (χ1) is 7.22. The summed E-state index contributed by atoms with van der Waals surface area (Å²) in [6, 6.07) is 6.48. The number of carbonyl (C=O) groups excluding carboxylic acids is 1. The summed E-state index contributed by atoms with van der Waals surface area (Å²) in [5.74, 6) is 1.22. The lowest BCUT2D eigenvalue weighted by Gasteiger charge is -2.04. The zero-order chi connectivity index (χ0) is 11.1. The summed E-state index contributed by atoms with van der Waals surface area (Å²) in [6.07, 6.45) is 1.76. The molecular formula is C11H13NO2S. The number of anilines is 1. The average Bonchev–Trinajstić information content (AvgIpc) is 2.18.